The number of benzene rings is 1. The van der Waals surface area contributed by atoms with Crippen molar-refractivity contribution >= 4 is 29.2 Å². The number of alkyl halides is 4. The van der Waals surface area contributed by atoms with E-state index in [0.29, 0.717) is 5.56 Å². The number of rotatable bonds is 7. The molecule has 138 valence electrons. The second-order valence-corrected chi connectivity index (χ2v) is 6.49. The van der Waals surface area contributed by atoms with Gasteiger partial charge in [0.15, 0.2) is 0 Å². The normalized spacial score (nSPS) is 17.0. The van der Waals surface area contributed by atoms with E-state index >= 15 is 0 Å². The molecule has 4 nitrogen and oxygen atoms in total. The molecule has 1 aromatic rings. The van der Waals surface area contributed by atoms with Crippen molar-refractivity contribution in [2.75, 3.05) is 5.32 Å². The Hall–Kier alpha value is -1.83. The van der Waals surface area contributed by atoms with Gasteiger partial charge in [-0.1, -0.05) is 17.7 Å². The summed E-state index contributed by atoms with van der Waals surface area (Å²) < 4.78 is 50.9. The number of carbonyl (C=O) groups excluding carboxylic acids is 1. The maximum atomic E-state index is 14.4. The fourth-order valence-electron chi connectivity index (χ4n) is 2.57. The summed E-state index contributed by atoms with van der Waals surface area (Å²) in [6, 6.07) is 4.14. The number of anilines is 1. The van der Waals surface area contributed by atoms with E-state index in [-0.39, 0.29) is 23.6 Å². The number of carbonyl (C=O) groups is 2. The molecular weight excluding hydrogens is 366 g/mol. The van der Waals surface area contributed by atoms with E-state index in [9.17, 15) is 27.2 Å². The summed E-state index contributed by atoms with van der Waals surface area (Å²) >= 11 is 5.92. The molecule has 0 saturated heterocycles. The highest BCUT2D eigenvalue weighted by atomic mass is 35.5. The number of hydrogen-bond donors (Lipinski definition) is 2. The zero-order valence-corrected chi connectivity index (χ0v) is 13.8. The standard InChI is InChI=1S/C16H16ClF4NO3/c17-11-2-1-9(10(8-14(24)25)15(18)5-6-15)7-12(11)22-13(23)3-4-16(19,20)21/h1-2,7,10H,3-6,8H2,(H,22,23)(H,24,25). The average Bonchev–Trinajstić information content (AvgIpc) is 3.23. The van der Waals surface area contributed by atoms with Crippen LogP contribution in [0.2, 0.25) is 5.02 Å². The van der Waals surface area contributed by atoms with E-state index in [4.69, 9.17) is 16.7 Å². The summed E-state index contributed by atoms with van der Waals surface area (Å²) in [7, 11) is 0. The quantitative estimate of drug-likeness (QED) is 0.674. The van der Waals surface area contributed by atoms with E-state index in [2.05, 4.69) is 5.32 Å². The molecule has 1 saturated carbocycles. The summed E-state index contributed by atoms with van der Waals surface area (Å²) in [4.78, 5) is 22.6. The first-order valence-electron chi connectivity index (χ1n) is 7.57. The summed E-state index contributed by atoms with van der Waals surface area (Å²) in [5.41, 5.74) is -1.26. The Bertz CT molecular complexity index is 674. The zero-order valence-electron chi connectivity index (χ0n) is 13.0. The second kappa shape index (κ2) is 7.19. The average molecular weight is 382 g/mol. The van der Waals surface area contributed by atoms with Crippen LogP contribution in [-0.4, -0.2) is 28.8 Å². The monoisotopic (exact) mass is 381 g/mol. The molecule has 0 heterocycles. The molecule has 0 aliphatic heterocycles. The predicted molar refractivity (Wildman–Crippen MR) is 83.4 cm³/mol. The van der Waals surface area contributed by atoms with Crippen molar-refractivity contribution in [2.24, 2.45) is 0 Å². The van der Waals surface area contributed by atoms with Gasteiger partial charge in [0, 0.05) is 12.3 Å². The summed E-state index contributed by atoms with van der Waals surface area (Å²) in [6.45, 7) is 0. The van der Waals surface area contributed by atoms with Crippen molar-refractivity contribution in [3.05, 3.63) is 28.8 Å². The van der Waals surface area contributed by atoms with Crippen molar-refractivity contribution in [1.29, 1.82) is 0 Å². The van der Waals surface area contributed by atoms with Gasteiger partial charge in [0.05, 0.1) is 23.6 Å². The van der Waals surface area contributed by atoms with E-state index in [1.807, 2.05) is 0 Å². The van der Waals surface area contributed by atoms with Gasteiger partial charge in [0.2, 0.25) is 5.91 Å². The van der Waals surface area contributed by atoms with Crippen LogP contribution in [-0.2, 0) is 9.59 Å². The highest BCUT2D eigenvalue weighted by Gasteiger charge is 2.51. The number of aliphatic carboxylic acids is 1. The summed E-state index contributed by atoms with van der Waals surface area (Å²) in [5.74, 6) is -2.96. The smallest absolute Gasteiger partial charge is 0.389 e. The maximum absolute atomic E-state index is 14.4. The highest BCUT2D eigenvalue weighted by molar-refractivity contribution is 6.33. The van der Waals surface area contributed by atoms with Crippen LogP contribution >= 0.6 is 11.6 Å². The van der Waals surface area contributed by atoms with E-state index in [1.165, 1.54) is 18.2 Å². The topological polar surface area (TPSA) is 66.4 Å². The van der Waals surface area contributed by atoms with Gasteiger partial charge in [0.1, 0.15) is 5.67 Å². The van der Waals surface area contributed by atoms with Gasteiger partial charge in [-0.15, -0.1) is 0 Å². The number of halogens is 5. The molecule has 1 aliphatic carbocycles. The molecule has 25 heavy (non-hydrogen) atoms. The fourth-order valence-corrected chi connectivity index (χ4v) is 2.73. The lowest BCUT2D eigenvalue weighted by atomic mass is 9.89. The van der Waals surface area contributed by atoms with Crippen molar-refractivity contribution in [2.45, 2.75) is 49.9 Å². The van der Waals surface area contributed by atoms with Crippen LogP contribution < -0.4 is 5.32 Å². The van der Waals surface area contributed by atoms with Gasteiger partial charge in [-0.2, -0.15) is 13.2 Å². The van der Waals surface area contributed by atoms with Crippen LogP contribution in [0.15, 0.2) is 18.2 Å². The second-order valence-electron chi connectivity index (χ2n) is 6.09. The Kier molecular flexibility index (Phi) is 5.61. The first kappa shape index (κ1) is 19.5. The molecule has 1 fully saturated rings. The molecule has 2 rings (SSSR count). The molecule has 1 atom stereocenters. The minimum absolute atomic E-state index is 0.0333. The van der Waals surface area contributed by atoms with Crippen LogP contribution in [0.1, 0.15) is 43.6 Å². The Morgan fingerprint density at radius 3 is 2.48 bits per heavy atom. The minimum atomic E-state index is -4.46. The molecule has 2 N–H and O–H groups in total. The van der Waals surface area contributed by atoms with E-state index in [1.54, 1.807) is 0 Å². The highest BCUT2D eigenvalue weighted by Crippen LogP contribution is 2.52. The summed E-state index contributed by atoms with van der Waals surface area (Å²) in [5, 5.41) is 11.3. The van der Waals surface area contributed by atoms with E-state index < -0.39 is 48.9 Å². The SMILES string of the molecule is O=C(O)CC(c1ccc(Cl)c(NC(=O)CCC(F)(F)F)c1)C1(F)CC1. The molecule has 0 bridgehead atoms. The lowest BCUT2D eigenvalue weighted by molar-refractivity contribution is -0.142. The fraction of sp³-hybridized carbons (Fsp3) is 0.500. The Morgan fingerprint density at radius 1 is 1.32 bits per heavy atom. The maximum Gasteiger partial charge on any atom is 0.389 e. The first-order chi connectivity index (χ1) is 11.5. The first-order valence-corrected chi connectivity index (χ1v) is 7.95. The lowest BCUT2D eigenvalue weighted by Gasteiger charge is -2.20. The molecule has 1 unspecified atom stereocenters. The van der Waals surface area contributed by atoms with Crippen molar-refractivity contribution in [3.8, 4) is 0 Å². The van der Waals surface area contributed by atoms with Gasteiger partial charge in [-0.25, -0.2) is 4.39 Å². The zero-order chi connectivity index (χ0) is 18.8. The van der Waals surface area contributed by atoms with Crippen LogP contribution in [0.4, 0.5) is 23.2 Å². The number of nitrogens with one attached hydrogen (secondary N) is 1. The van der Waals surface area contributed by atoms with E-state index in [0.717, 1.165) is 0 Å². The number of hydrogen-bond acceptors (Lipinski definition) is 2. The van der Waals surface area contributed by atoms with Crippen LogP contribution in [0.5, 0.6) is 0 Å². The molecule has 0 spiro atoms. The van der Waals surface area contributed by atoms with Gasteiger partial charge >= 0.3 is 12.1 Å². The van der Waals surface area contributed by atoms with Gasteiger partial charge < -0.3 is 10.4 Å². The van der Waals surface area contributed by atoms with Crippen molar-refractivity contribution < 1.29 is 32.3 Å². The molecule has 1 aliphatic rings. The van der Waals surface area contributed by atoms with Gasteiger partial charge in [-0.05, 0) is 30.5 Å². The lowest BCUT2D eigenvalue weighted by Crippen LogP contribution is -2.20. The Labute approximate surface area is 146 Å². The third-order valence-corrected chi connectivity index (χ3v) is 4.36. The largest absolute Gasteiger partial charge is 0.481 e. The van der Waals surface area contributed by atoms with Crippen LogP contribution in [0.3, 0.4) is 0 Å². The van der Waals surface area contributed by atoms with Crippen molar-refractivity contribution in [3.63, 3.8) is 0 Å². The third-order valence-electron chi connectivity index (χ3n) is 4.03. The Balaban J connectivity index is 2.16. The number of carboxylic acids is 1. The molecule has 1 amide bonds. The summed E-state index contributed by atoms with van der Waals surface area (Å²) in [6.07, 6.45) is -6.45. The molecular formula is C16H16ClF4NO3. The third kappa shape index (κ3) is 5.59. The predicted octanol–water partition coefficient (Wildman–Crippen LogP) is 4.68. The molecule has 0 aromatic heterocycles. The van der Waals surface area contributed by atoms with Crippen molar-refractivity contribution in [1.82, 2.24) is 0 Å². The molecule has 9 heteroatoms. The molecule has 1 aromatic carbocycles. The Morgan fingerprint density at radius 2 is 1.96 bits per heavy atom. The number of amides is 1. The number of carboxylic acid groups (broad SMARTS) is 1. The van der Waals surface area contributed by atoms with Crippen LogP contribution in [0.25, 0.3) is 0 Å². The van der Waals surface area contributed by atoms with Crippen LogP contribution in [0, 0.1) is 0 Å². The minimum Gasteiger partial charge on any atom is -0.481 e. The van der Waals surface area contributed by atoms with Gasteiger partial charge in [-0.3, -0.25) is 9.59 Å². The van der Waals surface area contributed by atoms with Gasteiger partial charge in [0.25, 0.3) is 0 Å². The molecule has 0 radical (unpaired) electrons.